The number of carbonyl (C=O) groups is 2. The maximum absolute atomic E-state index is 13.1. The third kappa shape index (κ3) is 5.15. The summed E-state index contributed by atoms with van der Waals surface area (Å²) in [6.45, 7) is 9.29. The van der Waals surface area contributed by atoms with E-state index < -0.39 is 0 Å². The highest BCUT2D eigenvalue weighted by molar-refractivity contribution is 5.89. The van der Waals surface area contributed by atoms with Gasteiger partial charge in [-0.05, 0) is 37.5 Å². The summed E-state index contributed by atoms with van der Waals surface area (Å²) in [5, 5.41) is 0. The summed E-state index contributed by atoms with van der Waals surface area (Å²) in [4.78, 5) is 28.7. The van der Waals surface area contributed by atoms with Crippen LogP contribution in [0, 0.1) is 11.7 Å². The Morgan fingerprint density at radius 1 is 1.28 bits per heavy atom. The molecule has 1 aromatic carbocycles. The van der Waals surface area contributed by atoms with Crippen molar-refractivity contribution in [3.8, 4) is 0 Å². The number of halogens is 1. The normalized spacial score (nSPS) is 18.3. The third-order valence-corrected chi connectivity index (χ3v) is 4.48. The van der Waals surface area contributed by atoms with Crippen molar-refractivity contribution in [2.75, 3.05) is 13.1 Å². The SMILES string of the molecule is CC(C)=CC(=O)N1CCC(=O)N(Cc2ccc(F)cc2)C(C(C)C)C1. The van der Waals surface area contributed by atoms with Gasteiger partial charge in [0.15, 0.2) is 0 Å². The fourth-order valence-electron chi connectivity index (χ4n) is 3.08. The smallest absolute Gasteiger partial charge is 0.246 e. The van der Waals surface area contributed by atoms with Gasteiger partial charge in [-0.25, -0.2) is 4.39 Å². The van der Waals surface area contributed by atoms with Crippen LogP contribution < -0.4 is 0 Å². The minimum Gasteiger partial charge on any atom is -0.337 e. The molecule has 1 heterocycles. The molecule has 0 N–H and O–H groups in total. The summed E-state index contributed by atoms with van der Waals surface area (Å²) in [7, 11) is 0. The van der Waals surface area contributed by atoms with Crippen molar-refractivity contribution in [3.63, 3.8) is 0 Å². The number of carbonyl (C=O) groups excluding carboxylic acids is 2. The van der Waals surface area contributed by atoms with E-state index in [1.807, 2.05) is 18.7 Å². The number of nitrogens with zero attached hydrogens (tertiary/aromatic N) is 2. The lowest BCUT2D eigenvalue weighted by Crippen LogP contribution is -2.46. The molecule has 1 aliphatic heterocycles. The summed E-state index contributed by atoms with van der Waals surface area (Å²) in [6.07, 6.45) is 1.93. The number of hydrogen-bond donors (Lipinski definition) is 0. The van der Waals surface area contributed by atoms with E-state index in [2.05, 4.69) is 13.8 Å². The van der Waals surface area contributed by atoms with E-state index in [1.165, 1.54) is 12.1 Å². The summed E-state index contributed by atoms with van der Waals surface area (Å²) in [5.41, 5.74) is 1.84. The predicted octanol–water partition coefficient (Wildman–Crippen LogP) is 3.38. The minimum atomic E-state index is -0.287. The van der Waals surface area contributed by atoms with Gasteiger partial charge < -0.3 is 9.80 Å². The van der Waals surface area contributed by atoms with Gasteiger partial charge in [0, 0.05) is 32.1 Å². The quantitative estimate of drug-likeness (QED) is 0.784. The molecular formula is C20H27FN2O2. The molecule has 1 atom stereocenters. The van der Waals surface area contributed by atoms with Gasteiger partial charge in [0.05, 0.1) is 6.04 Å². The van der Waals surface area contributed by atoms with Crippen LogP contribution in [0.5, 0.6) is 0 Å². The van der Waals surface area contributed by atoms with Crippen molar-refractivity contribution in [1.29, 1.82) is 0 Å². The van der Waals surface area contributed by atoms with Crippen LogP contribution in [0.15, 0.2) is 35.9 Å². The Hall–Kier alpha value is -2.17. The van der Waals surface area contributed by atoms with Gasteiger partial charge in [0.1, 0.15) is 5.82 Å². The predicted molar refractivity (Wildman–Crippen MR) is 96.2 cm³/mol. The van der Waals surface area contributed by atoms with E-state index in [-0.39, 0.29) is 29.6 Å². The lowest BCUT2D eigenvalue weighted by atomic mass is 10.0. The van der Waals surface area contributed by atoms with Crippen LogP contribution in [0.25, 0.3) is 0 Å². The first-order chi connectivity index (χ1) is 11.8. The first kappa shape index (κ1) is 19.2. The van der Waals surface area contributed by atoms with E-state index in [9.17, 15) is 14.0 Å². The Morgan fingerprint density at radius 3 is 2.48 bits per heavy atom. The highest BCUT2D eigenvalue weighted by Crippen LogP contribution is 2.21. The molecule has 2 rings (SSSR count). The van der Waals surface area contributed by atoms with Crippen molar-refractivity contribution >= 4 is 11.8 Å². The van der Waals surface area contributed by atoms with Crippen molar-refractivity contribution in [1.82, 2.24) is 9.80 Å². The number of allylic oxidation sites excluding steroid dienone is 1. The Morgan fingerprint density at radius 2 is 1.92 bits per heavy atom. The molecule has 0 bridgehead atoms. The Kier molecular flexibility index (Phi) is 6.34. The van der Waals surface area contributed by atoms with Gasteiger partial charge in [0.25, 0.3) is 0 Å². The molecule has 0 spiro atoms. The molecule has 0 aromatic heterocycles. The molecule has 2 amide bonds. The molecule has 1 fully saturated rings. The lowest BCUT2D eigenvalue weighted by molar-refractivity contribution is -0.134. The first-order valence-electron chi connectivity index (χ1n) is 8.75. The monoisotopic (exact) mass is 346 g/mol. The number of rotatable bonds is 4. The van der Waals surface area contributed by atoms with Crippen LogP contribution in [0.2, 0.25) is 0 Å². The fourth-order valence-corrected chi connectivity index (χ4v) is 3.08. The molecule has 4 nitrogen and oxygen atoms in total. The topological polar surface area (TPSA) is 40.6 Å². The number of benzene rings is 1. The molecular weight excluding hydrogens is 319 g/mol. The number of amides is 2. The average Bonchev–Trinajstić information content (AvgIpc) is 2.69. The molecule has 1 aromatic rings. The van der Waals surface area contributed by atoms with Gasteiger partial charge in [-0.3, -0.25) is 9.59 Å². The van der Waals surface area contributed by atoms with Gasteiger partial charge >= 0.3 is 0 Å². The summed E-state index contributed by atoms with van der Waals surface area (Å²) >= 11 is 0. The average molecular weight is 346 g/mol. The largest absolute Gasteiger partial charge is 0.337 e. The Balaban J connectivity index is 2.23. The second-order valence-corrected chi connectivity index (χ2v) is 7.22. The molecule has 136 valence electrons. The van der Waals surface area contributed by atoms with Crippen LogP contribution in [-0.4, -0.2) is 40.7 Å². The van der Waals surface area contributed by atoms with Crippen LogP contribution in [-0.2, 0) is 16.1 Å². The maximum Gasteiger partial charge on any atom is 0.246 e. The van der Waals surface area contributed by atoms with Crippen molar-refractivity contribution < 1.29 is 14.0 Å². The van der Waals surface area contributed by atoms with Crippen molar-refractivity contribution in [2.45, 2.75) is 46.7 Å². The highest BCUT2D eigenvalue weighted by atomic mass is 19.1. The van der Waals surface area contributed by atoms with E-state index in [0.717, 1.165) is 11.1 Å². The maximum atomic E-state index is 13.1. The molecule has 25 heavy (non-hydrogen) atoms. The second-order valence-electron chi connectivity index (χ2n) is 7.22. The molecule has 0 aliphatic carbocycles. The second kappa shape index (κ2) is 8.28. The van der Waals surface area contributed by atoms with Gasteiger partial charge in [-0.15, -0.1) is 0 Å². The fraction of sp³-hybridized carbons (Fsp3) is 0.500. The number of hydrogen-bond acceptors (Lipinski definition) is 2. The minimum absolute atomic E-state index is 0.0375. The highest BCUT2D eigenvalue weighted by Gasteiger charge is 2.32. The third-order valence-electron chi connectivity index (χ3n) is 4.48. The molecule has 0 radical (unpaired) electrons. The van der Waals surface area contributed by atoms with E-state index >= 15 is 0 Å². The van der Waals surface area contributed by atoms with Gasteiger partial charge in [-0.2, -0.15) is 0 Å². The molecule has 1 saturated heterocycles. The Labute approximate surface area is 149 Å². The summed E-state index contributed by atoms with van der Waals surface area (Å²) in [5.74, 6) is -0.0769. The zero-order valence-electron chi connectivity index (χ0n) is 15.5. The summed E-state index contributed by atoms with van der Waals surface area (Å²) < 4.78 is 13.1. The van der Waals surface area contributed by atoms with Crippen LogP contribution in [0.3, 0.4) is 0 Å². The van der Waals surface area contributed by atoms with E-state index in [0.29, 0.717) is 26.1 Å². The van der Waals surface area contributed by atoms with E-state index in [1.54, 1.807) is 23.1 Å². The van der Waals surface area contributed by atoms with Gasteiger partial charge in [0.2, 0.25) is 11.8 Å². The zero-order chi connectivity index (χ0) is 18.6. The first-order valence-corrected chi connectivity index (χ1v) is 8.75. The zero-order valence-corrected chi connectivity index (χ0v) is 15.5. The van der Waals surface area contributed by atoms with E-state index in [4.69, 9.17) is 0 Å². The standard InChI is InChI=1S/C20H27FN2O2/c1-14(2)11-20(25)22-10-9-19(24)23(18(13-22)15(3)4)12-16-5-7-17(21)8-6-16/h5-8,11,15,18H,9-10,12-13H2,1-4H3. The van der Waals surface area contributed by atoms with Crippen LogP contribution in [0.4, 0.5) is 4.39 Å². The molecule has 5 heteroatoms. The molecule has 0 saturated carbocycles. The summed E-state index contributed by atoms with van der Waals surface area (Å²) in [6, 6.07) is 6.17. The molecule has 1 unspecified atom stereocenters. The Bertz CT molecular complexity index is 648. The van der Waals surface area contributed by atoms with Crippen LogP contribution >= 0.6 is 0 Å². The van der Waals surface area contributed by atoms with Gasteiger partial charge in [-0.1, -0.05) is 31.6 Å². The molecule has 1 aliphatic rings. The lowest BCUT2D eigenvalue weighted by Gasteiger charge is -2.34. The van der Waals surface area contributed by atoms with Crippen molar-refractivity contribution in [2.24, 2.45) is 5.92 Å². The van der Waals surface area contributed by atoms with Crippen molar-refractivity contribution in [3.05, 3.63) is 47.3 Å². The van der Waals surface area contributed by atoms with Crippen LogP contribution in [0.1, 0.15) is 39.7 Å².